The Bertz CT molecular complexity index is 495. The summed E-state index contributed by atoms with van der Waals surface area (Å²) in [5.41, 5.74) is 0.907. The first-order chi connectivity index (χ1) is 9.13. The third-order valence-electron chi connectivity index (χ3n) is 2.92. The largest absolute Gasteiger partial charge is 0.469 e. The average molecular weight is 300 g/mol. The van der Waals surface area contributed by atoms with E-state index in [1.807, 2.05) is 18.2 Å². The minimum absolute atomic E-state index is 0.0267. The summed E-state index contributed by atoms with van der Waals surface area (Å²) in [6.07, 6.45) is 0.198. The second kappa shape index (κ2) is 6.30. The van der Waals surface area contributed by atoms with Gasteiger partial charge in [-0.1, -0.05) is 29.8 Å². The minimum Gasteiger partial charge on any atom is -0.469 e. The normalized spacial score (nSPS) is 18.7. The molecule has 1 aromatic carbocycles. The first-order valence-corrected chi connectivity index (χ1v) is 7.28. The van der Waals surface area contributed by atoms with Crippen molar-refractivity contribution in [3.05, 3.63) is 34.9 Å². The number of carbonyl (C=O) groups excluding carboxylic acids is 2. The summed E-state index contributed by atoms with van der Waals surface area (Å²) in [6.45, 7) is 0.356. The van der Waals surface area contributed by atoms with E-state index in [1.165, 1.54) is 18.9 Å². The van der Waals surface area contributed by atoms with Crippen LogP contribution in [0.3, 0.4) is 0 Å². The zero-order valence-corrected chi connectivity index (χ0v) is 12.0. The molecule has 1 unspecified atom stereocenters. The van der Waals surface area contributed by atoms with Crippen molar-refractivity contribution in [2.24, 2.45) is 0 Å². The SMILES string of the molecule is COC(=O)CCN1C(=O)CSC1c1ccccc1Cl. The predicted molar refractivity (Wildman–Crippen MR) is 75.0 cm³/mol. The molecule has 1 saturated heterocycles. The molecule has 1 aliphatic rings. The molecule has 0 spiro atoms. The molecule has 0 radical (unpaired) electrons. The molecular weight excluding hydrogens is 286 g/mol. The maximum absolute atomic E-state index is 11.9. The molecule has 0 aliphatic carbocycles. The lowest BCUT2D eigenvalue weighted by Gasteiger charge is -2.24. The van der Waals surface area contributed by atoms with E-state index in [0.717, 1.165) is 5.56 Å². The highest BCUT2D eigenvalue weighted by Gasteiger charge is 2.33. The molecule has 0 aromatic heterocycles. The zero-order chi connectivity index (χ0) is 13.8. The molecule has 4 nitrogen and oxygen atoms in total. The number of hydrogen-bond donors (Lipinski definition) is 0. The molecule has 1 heterocycles. The summed E-state index contributed by atoms with van der Waals surface area (Å²) in [7, 11) is 1.34. The Kier molecular flexibility index (Phi) is 4.71. The summed E-state index contributed by atoms with van der Waals surface area (Å²) in [4.78, 5) is 24.8. The second-order valence-electron chi connectivity index (χ2n) is 4.10. The lowest BCUT2D eigenvalue weighted by molar-refractivity contribution is -0.141. The number of rotatable bonds is 4. The van der Waals surface area contributed by atoms with E-state index in [1.54, 1.807) is 11.0 Å². The fourth-order valence-corrected chi connectivity index (χ4v) is 3.50. The Morgan fingerprint density at radius 1 is 1.53 bits per heavy atom. The Labute approximate surface area is 121 Å². The van der Waals surface area contributed by atoms with E-state index in [2.05, 4.69) is 4.74 Å². The van der Waals surface area contributed by atoms with Crippen LogP contribution in [-0.2, 0) is 14.3 Å². The number of carbonyl (C=O) groups is 2. The Morgan fingerprint density at radius 3 is 2.95 bits per heavy atom. The van der Waals surface area contributed by atoms with E-state index < -0.39 is 0 Å². The van der Waals surface area contributed by atoms with Gasteiger partial charge >= 0.3 is 5.97 Å². The number of ether oxygens (including phenoxy) is 1. The van der Waals surface area contributed by atoms with Crippen molar-refractivity contribution >= 4 is 35.2 Å². The fourth-order valence-electron chi connectivity index (χ4n) is 1.94. The zero-order valence-electron chi connectivity index (χ0n) is 10.5. The molecule has 1 atom stereocenters. The molecular formula is C13H14ClNO3S. The quantitative estimate of drug-likeness (QED) is 0.801. The van der Waals surface area contributed by atoms with Gasteiger partial charge in [-0.05, 0) is 6.07 Å². The van der Waals surface area contributed by atoms with E-state index in [4.69, 9.17) is 11.6 Å². The molecule has 19 heavy (non-hydrogen) atoms. The van der Waals surface area contributed by atoms with Crippen molar-refractivity contribution in [2.75, 3.05) is 19.4 Å². The van der Waals surface area contributed by atoms with Gasteiger partial charge in [0.25, 0.3) is 0 Å². The molecule has 0 N–H and O–H groups in total. The van der Waals surface area contributed by atoms with Crippen LogP contribution >= 0.6 is 23.4 Å². The van der Waals surface area contributed by atoms with Crippen LogP contribution in [0.25, 0.3) is 0 Å². The summed E-state index contributed by atoms with van der Waals surface area (Å²) in [6, 6.07) is 7.46. The predicted octanol–water partition coefficient (Wildman–Crippen LogP) is 2.48. The van der Waals surface area contributed by atoms with Gasteiger partial charge < -0.3 is 9.64 Å². The molecule has 102 valence electrons. The Morgan fingerprint density at radius 2 is 2.26 bits per heavy atom. The lowest BCUT2D eigenvalue weighted by Crippen LogP contribution is -2.30. The Hall–Kier alpha value is -1.20. The van der Waals surface area contributed by atoms with E-state index in [9.17, 15) is 9.59 Å². The highest BCUT2D eigenvalue weighted by atomic mass is 35.5. The molecule has 1 amide bonds. The number of halogens is 1. The van der Waals surface area contributed by atoms with Crippen LogP contribution in [0.2, 0.25) is 5.02 Å². The molecule has 6 heteroatoms. The van der Waals surface area contributed by atoms with Gasteiger partial charge in [0.1, 0.15) is 5.37 Å². The molecule has 0 bridgehead atoms. The number of esters is 1. The molecule has 2 rings (SSSR count). The van der Waals surface area contributed by atoms with Crippen molar-refractivity contribution < 1.29 is 14.3 Å². The number of thioether (sulfide) groups is 1. The van der Waals surface area contributed by atoms with Gasteiger partial charge in [-0.25, -0.2) is 0 Å². The second-order valence-corrected chi connectivity index (χ2v) is 5.57. The van der Waals surface area contributed by atoms with Crippen molar-refractivity contribution in [1.29, 1.82) is 0 Å². The minimum atomic E-state index is -0.317. The standard InChI is InChI=1S/C13H14ClNO3S/c1-18-12(17)6-7-15-11(16)8-19-13(15)9-4-2-3-5-10(9)14/h2-5,13H,6-8H2,1H3. The number of methoxy groups -OCH3 is 1. The molecule has 0 saturated carbocycles. The van der Waals surface area contributed by atoms with Gasteiger partial charge in [0.05, 0.1) is 19.3 Å². The fraction of sp³-hybridized carbons (Fsp3) is 0.385. The van der Waals surface area contributed by atoms with Crippen LogP contribution in [0.1, 0.15) is 17.4 Å². The number of benzene rings is 1. The van der Waals surface area contributed by atoms with Crippen molar-refractivity contribution in [3.8, 4) is 0 Å². The van der Waals surface area contributed by atoms with Gasteiger partial charge in [-0.15, -0.1) is 11.8 Å². The van der Waals surface area contributed by atoms with Crippen LogP contribution in [-0.4, -0.2) is 36.2 Å². The van der Waals surface area contributed by atoms with Gasteiger partial charge in [-0.2, -0.15) is 0 Å². The van der Waals surface area contributed by atoms with E-state index in [-0.39, 0.29) is 23.7 Å². The van der Waals surface area contributed by atoms with Gasteiger partial charge in [0, 0.05) is 17.1 Å². The maximum Gasteiger partial charge on any atom is 0.307 e. The third kappa shape index (κ3) is 3.22. The van der Waals surface area contributed by atoms with E-state index in [0.29, 0.717) is 17.3 Å². The number of amides is 1. The van der Waals surface area contributed by atoms with Crippen LogP contribution in [0, 0.1) is 0 Å². The van der Waals surface area contributed by atoms with E-state index >= 15 is 0 Å². The smallest absolute Gasteiger partial charge is 0.307 e. The van der Waals surface area contributed by atoms with Gasteiger partial charge in [-0.3, -0.25) is 9.59 Å². The summed E-state index contributed by atoms with van der Waals surface area (Å²) in [5.74, 6) is 0.123. The van der Waals surface area contributed by atoms with Crippen LogP contribution in [0.4, 0.5) is 0 Å². The summed E-state index contributed by atoms with van der Waals surface area (Å²) < 4.78 is 4.60. The summed E-state index contributed by atoms with van der Waals surface area (Å²) in [5, 5.41) is 0.517. The number of nitrogens with zero attached hydrogens (tertiary/aromatic N) is 1. The molecule has 1 fully saturated rings. The monoisotopic (exact) mass is 299 g/mol. The van der Waals surface area contributed by atoms with Crippen LogP contribution in [0.15, 0.2) is 24.3 Å². The first-order valence-electron chi connectivity index (χ1n) is 5.86. The van der Waals surface area contributed by atoms with Crippen molar-refractivity contribution in [2.45, 2.75) is 11.8 Å². The number of hydrogen-bond acceptors (Lipinski definition) is 4. The summed E-state index contributed by atoms with van der Waals surface area (Å²) >= 11 is 7.69. The lowest BCUT2D eigenvalue weighted by atomic mass is 10.2. The first kappa shape index (κ1) is 14.2. The topological polar surface area (TPSA) is 46.6 Å². The Balaban J connectivity index is 2.13. The van der Waals surface area contributed by atoms with Crippen LogP contribution in [0.5, 0.6) is 0 Å². The average Bonchev–Trinajstić information content (AvgIpc) is 2.78. The molecule has 1 aliphatic heterocycles. The highest BCUT2D eigenvalue weighted by molar-refractivity contribution is 8.00. The maximum atomic E-state index is 11.9. The van der Waals surface area contributed by atoms with Crippen LogP contribution < -0.4 is 0 Å². The van der Waals surface area contributed by atoms with Gasteiger partial charge in [0.2, 0.25) is 5.91 Å². The van der Waals surface area contributed by atoms with Crippen molar-refractivity contribution in [3.63, 3.8) is 0 Å². The third-order valence-corrected chi connectivity index (χ3v) is 4.51. The van der Waals surface area contributed by atoms with Crippen molar-refractivity contribution in [1.82, 2.24) is 4.90 Å². The van der Waals surface area contributed by atoms with Gasteiger partial charge in [0.15, 0.2) is 0 Å². The molecule has 1 aromatic rings. The highest BCUT2D eigenvalue weighted by Crippen LogP contribution is 2.41.